The van der Waals surface area contributed by atoms with Gasteiger partial charge in [-0.1, -0.05) is 6.07 Å². The molecule has 0 amide bonds. The monoisotopic (exact) mass is 184 g/mol. The summed E-state index contributed by atoms with van der Waals surface area (Å²) >= 11 is 0. The van der Waals surface area contributed by atoms with Gasteiger partial charge in [-0.15, -0.1) is 12.1 Å². The van der Waals surface area contributed by atoms with Gasteiger partial charge in [-0.2, -0.15) is 13.0 Å². The van der Waals surface area contributed by atoms with Gasteiger partial charge in [0.2, 0.25) is 0 Å². The van der Waals surface area contributed by atoms with Crippen molar-refractivity contribution >= 4 is 0 Å². The minimum Gasteiger partial charge on any atom is -0.928 e. The number of hydrogen-bond donors (Lipinski definition) is 0. The zero-order chi connectivity index (χ0) is 5.98. The van der Waals surface area contributed by atoms with Crippen LogP contribution in [0.2, 0.25) is 0 Å². The first kappa shape index (κ1) is 14.7. The molecule has 0 saturated carbocycles. The number of hydrogen-bond acceptors (Lipinski definition) is 1. The predicted octanol–water partition coefficient (Wildman–Crippen LogP) is -5.05. The number of rotatable bonds is 0. The molecule has 3 heteroatoms. The molecule has 0 aliphatic rings. The Balaban J connectivity index is 0. The molecular formula is C7H6K2O. The van der Waals surface area contributed by atoms with Crippen molar-refractivity contribution in [2.24, 2.45) is 0 Å². The molecular weight excluding hydrogens is 178 g/mol. The smallest absolute Gasteiger partial charge is 0.928 e. The minimum absolute atomic E-state index is 0. The van der Waals surface area contributed by atoms with Crippen LogP contribution in [0.1, 0.15) is 5.56 Å². The molecule has 0 aliphatic carbocycles. The first-order valence-corrected chi connectivity index (χ1v) is 2.39. The van der Waals surface area contributed by atoms with Crippen molar-refractivity contribution in [3.8, 4) is 5.75 Å². The molecule has 1 aromatic carbocycles. The van der Waals surface area contributed by atoms with Crippen LogP contribution in [0.3, 0.4) is 0 Å². The van der Waals surface area contributed by atoms with E-state index in [-0.39, 0.29) is 109 Å². The zero-order valence-electron chi connectivity index (χ0n) is 6.42. The van der Waals surface area contributed by atoms with E-state index in [9.17, 15) is 5.11 Å². The fraction of sp³-hybridized carbons (Fsp3) is 0. The van der Waals surface area contributed by atoms with Gasteiger partial charge in [0.25, 0.3) is 0 Å². The second-order valence-corrected chi connectivity index (χ2v) is 1.61. The summed E-state index contributed by atoms with van der Waals surface area (Å²) in [5, 5.41) is 10.6. The molecule has 1 nitrogen and oxygen atoms in total. The van der Waals surface area contributed by atoms with E-state index >= 15 is 0 Å². The average Bonchev–Trinajstić information content (AvgIpc) is 1.77. The maximum Gasteiger partial charge on any atom is 1.00 e. The largest absolute Gasteiger partial charge is 1.00 e. The maximum atomic E-state index is 10.6. The molecule has 10 heavy (non-hydrogen) atoms. The summed E-state index contributed by atoms with van der Waals surface area (Å²) in [7, 11) is 0. The van der Waals surface area contributed by atoms with E-state index in [0.717, 1.165) is 0 Å². The summed E-state index contributed by atoms with van der Waals surface area (Å²) in [5.41, 5.74) is 0.563. The summed E-state index contributed by atoms with van der Waals surface area (Å²) in [6.45, 7) is 3.51. The van der Waals surface area contributed by atoms with Crippen molar-refractivity contribution < 1.29 is 108 Å². The van der Waals surface area contributed by atoms with Gasteiger partial charge in [-0.25, -0.2) is 11.3 Å². The second kappa shape index (κ2) is 7.79. The first-order chi connectivity index (χ1) is 3.80. The SMILES string of the molecule is [CH2-]c1ccccc1[O-].[K+].[K+]. The van der Waals surface area contributed by atoms with Crippen LogP contribution in [0.25, 0.3) is 0 Å². The Morgan fingerprint density at radius 3 is 1.90 bits per heavy atom. The van der Waals surface area contributed by atoms with Crippen LogP contribution in [-0.2, 0) is 0 Å². The van der Waals surface area contributed by atoms with Crippen molar-refractivity contribution in [2.75, 3.05) is 0 Å². The molecule has 42 valence electrons. The maximum absolute atomic E-state index is 10.6. The molecule has 0 atom stereocenters. The molecule has 0 spiro atoms. The minimum atomic E-state index is 0. The molecule has 1 rings (SSSR count). The van der Waals surface area contributed by atoms with Crippen molar-refractivity contribution in [2.45, 2.75) is 0 Å². The van der Waals surface area contributed by atoms with E-state index in [1.54, 1.807) is 18.2 Å². The van der Waals surface area contributed by atoms with Gasteiger partial charge in [0.05, 0.1) is 0 Å². The summed E-state index contributed by atoms with van der Waals surface area (Å²) in [6, 6.07) is 6.70. The van der Waals surface area contributed by atoms with Crippen molar-refractivity contribution in [1.82, 2.24) is 0 Å². The fourth-order valence-corrected chi connectivity index (χ4v) is 0.504. The molecule has 0 N–H and O–H groups in total. The molecule has 0 radical (unpaired) electrons. The van der Waals surface area contributed by atoms with Crippen molar-refractivity contribution in [3.05, 3.63) is 36.8 Å². The van der Waals surface area contributed by atoms with Gasteiger partial charge in [0, 0.05) is 0 Å². The Labute approximate surface area is 146 Å². The topological polar surface area (TPSA) is 23.1 Å². The average molecular weight is 184 g/mol. The third kappa shape index (κ3) is 4.92. The molecule has 0 heterocycles. The van der Waals surface area contributed by atoms with Crippen LogP contribution < -0.4 is 108 Å². The third-order valence-electron chi connectivity index (χ3n) is 0.973. The molecule has 0 fully saturated rings. The van der Waals surface area contributed by atoms with Gasteiger partial charge in [-0.05, 0) is 0 Å². The van der Waals surface area contributed by atoms with E-state index in [1.807, 2.05) is 0 Å². The van der Waals surface area contributed by atoms with Crippen LogP contribution >= 0.6 is 0 Å². The third-order valence-corrected chi connectivity index (χ3v) is 0.973. The normalized spacial score (nSPS) is 7.20. The summed E-state index contributed by atoms with van der Waals surface area (Å²) in [6.07, 6.45) is 0. The van der Waals surface area contributed by atoms with Crippen molar-refractivity contribution in [3.63, 3.8) is 0 Å². The van der Waals surface area contributed by atoms with E-state index in [1.165, 1.54) is 6.07 Å². The van der Waals surface area contributed by atoms with Gasteiger partial charge < -0.3 is 5.11 Å². The summed E-state index contributed by atoms with van der Waals surface area (Å²) < 4.78 is 0. The Morgan fingerprint density at radius 2 is 1.60 bits per heavy atom. The number of benzene rings is 1. The molecule has 0 bridgehead atoms. The zero-order valence-corrected chi connectivity index (χ0v) is 12.7. The quantitative estimate of drug-likeness (QED) is 0.292. The van der Waals surface area contributed by atoms with Crippen LogP contribution in [0.15, 0.2) is 24.3 Å². The Hall–Kier alpha value is 2.16. The van der Waals surface area contributed by atoms with Crippen LogP contribution in [0.5, 0.6) is 5.75 Å². The predicted molar refractivity (Wildman–Crippen MR) is 30.3 cm³/mol. The van der Waals surface area contributed by atoms with Crippen LogP contribution in [0, 0.1) is 6.92 Å². The molecule has 0 aromatic heterocycles. The first-order valence-electron chi connectivity index (χ1n) is 2.39. The molecule has 0 aliphatic heterocycles. The number of para-hydroxylation sites is 1. The Bertz CT molecular complexity index is 168. The fourth-order valence-electron chi connectivity index (χ4n) is 0.504. The van der Waals surface area contributed by atoms with Gasteiger partial charge in [0.15, 0.2) is 0 Å². The van der Waals surface area contributed by atoms with E-state index in [2.05, 4.69) is 6.92 Å². The molecule has 0 unspecified atom stereocenters. The molecule has 0 saturated heterocycles. The van der Waals surface area contributed by atoms with Crippen molar-refractivity contribution in [1.29, 1.82) is 0 Å². The van der Waals surface area contributed by atoms with Gasteiger partial charge >= 0.3 is 103 Å². The second-order valence-electron chi connectivity index (χ2n) is 1.61. The Kier molecular flexibility index (Phi) is 11.4. The van der Waals surface area contributed by atoms with Crippen LogP contribution in [-0.4, -0.2) is 0 Å². The summed E-state index contributed by atoms with van der Waals surface area (Å²) in [4.78, 5) is 0. The summed E-state index contributed by atoms with van der Waals surface area (Å²) in [5.74, 6) is 0.00694. The molecule has 1 aromatic rings. The van der Waals surface area contributed by atoms with Crippen LogP contribution in [0.4, 0.5) is 0 Å². The van der Waals surface area contributed by atoms with Gasteiger partial charge in [0.1, 0.15) is 0 Å². The van der Waals surface area contributed by atoms with Gasteiger partial charge in [-0.3, -0.25) is 0 Å². The van der Waals surface area contributed by atoms with E-state index in [4.69, 9.17) is 0 Å². The Morgan fingerprint density at radius 1 is 1.10 bits per heavy atom. The van der Waals surface area contributed by atoms with E-state index in [0.29, 0.717) is 5.56 Å². The van der Waals surface area contributed by atoms with E-state index < -0.39 is 0 Å². The standard InChI is InChI=1S/C7H7O.2K/c1-6-4-2-3-5-7(6)8;;/h2-5,8H,1H2;;/q-1;2*+1/p-1.